The van der Waals surface area contributed by atoms with Gasteiger partial charge in [-0.1, -0.05) is 64.2 Å². The van der Waals surface area contributed by atoms with E-state index in [1.54, 1.807) is 36.4 Å². The smallest absolute Gasteiger partial charge is 0.234 e. The van der Waals surface area contributed by atoms with Crippen LogP contribution in [-0.2, 0) is 4.79 Å². The highest BCUT2D eigenvalue weighted by Gasteiger charge is 2.17. The first kappa shape index (κ1) is 20.1. The van der Waals surface area contributed by atoms with Crippen molar-refractivity contribution in [1.29, 1.82) is 0 Å². The zero-order valence-corrected chi connectivity index (χ0v) is 17.3. The fraction of sp³-hybridized carbons (Fsp3) is 0.0625. The maximum atomic E-state index is 12.2. The molecule has 0 spiro atoms. The maximum Gasteiger partial charge on any atom is 0.234 e. The number of nitrogen functional groups attached to an aromatic ring is 1. The summed E-state index contributed by atoms with van der Waals surface area (Å²) < 4.78 is 1.25. The van der Waals surface area contributed by atoms with Crippen molar-refractivity contribution in [3.63, 3.8) is 0 Å². The van der Waals surface area contributed by atoms with Crippen LogP contribution >= 0.6 is 58.2 Å². The van der Waals surface area contributed by atoms with Gasteiger partial charge < -0.3 is 11.2 Å². The molecule has 0 fully saturated rings. The number of benzene rings is 2. The Morgan fingerprint density at radius 3 is 2.48 bits per heavy atom. The number of carbonyl (C=O) groups excluding carboxylic acids is 1. The van der Waals surface area contributed by atoms with Gasteiger partial charge in [-0.05, 0) is 30.3 Å². The Balaban J connectivity index is 1.71. The van der Waals surface area contributed by atoms with E-state index < -0.39 is 0 Å². The molecular formula is C16H11Cl4N5OS. The van der Waals surface area contributed by atoms with E-state index >= 15 is 0 Å². The zero-order valence-electron chi connectivity index (χ0n) is 13.4. The number of para-hydroxylation sites is 1. The third-order valence-electron chi connectivity index (χ3n) is 3.39. The minimum absolute atomic E-state index is 0.0279. The summed E-state index contributed by atoms with van der Waals surface area (Å²) in [7, 11) is 0. The molecule has 3 rings (SSSR count). The van der Waals surface area contributed by atoms with Crippen LogP contribution in [0.3, 0.4) is 0 Å². The van der Waals surface area contributed by atoms with Crippen molar-refractivity contribution in [3.8, 4) is 11.4 Å². The zero-order chi connectivity index (χ0) is 19.6. The van der Waals surface area contributed by atoms with Crippen LogP contribution in [0, 0.1) is 0 Å². The largest absolute Gasteiger partial charge is 0.335 e. The van der Waals surface area contributed by atoms with Crippen LogP contribution in [0.25, 0.3) is 11.4 Å². The fourth-order valence-corrected chi connectivity index (χ4v) is 3.67. The number of carbonyl (C=O) groups is 1. The average Bonchev–Trinajstić information content (AvgIpc) is 2.99. The number of halogens is 4. The molecule has 3 aromatic rings. The van der Waals surface area contributed by atoms with Gasteiger partial charge in [0.2, 0.25) is 11.1 Å². The Hall–Kier alpha value is -1.64. The molecule has 0 bridgehead atoms. The second kappa shape index (κ2) is 8.58. The first-order chi connectivity index (χ1) is 12.9. The minimum Gasteiger partial charge on any atom is -0.335 e. The van der Waals surface area contributed by atoms with Crippen molar-refractivity contribution >= 4 is 69.8 Å². The van der Waals surface area contributed by atoms with Gasteiger partial charge in [-0.15, -0.1) is 10.2 Å². The van der Waals surface area contributed by atoms with Crippen LogP contribution in [0.5, 0.6) is 0 Å². The van der Waals surface area contributed by atoms with E-state index in [1.807, 2.05) is 0 Å². The minimum atomic E-state index is -0.319. The predicted molar refractivity (Wildman–Crippen MR) is 111 cm³/mol. The Morgan fingerprint density at radius 1 is 1.07 bits per heavy atom. The lowest BCUT2D eigenvalue weighted by molar-refractivity contribution is -0.113. The molecule has 1 amide bonds. The highest BCUT2D eigenvalue weighted by Crippen LogP contribution is 2.31. The number of anilines is 1. The Labute approximate surface area is 178 Å². The average molecular weight is 463 g/mol. The number of rotatable bonds is 5. The van der Waals surface area contributed by atoms with Crippen molar-refractivity contribution in [2.75, 3.05) is 16.9 Å². The molecule has 1 aromatic heterocycles. The fourth-order valence-electron chi connectivity index (χ4n) is 2.15. The van der Waals surface area contributed by atoms with Crippen molar-refractivity contribution in [3.05, 3.63) is 56.5 Å². The molecule has 3 N–H and O–H groups in total. The molecular weight excluding hydrogens is 452 g/mol. The van der Waals surface area contributed by atoms with E-state index in [0.29, 0.717) is 42.3 Å². The highest BCUT2D eigenvalue weighted by atomic mass is 35.5. The number of hydrogen-bond donors (Lipinski definition) is 2. The normalized spacial score (nSPS) is 10.8. The Bertz CT molecular complexity index is 990. The van der Waals surface area contributed by atoms with Gasteiger partial charge in [-0.25, -0.2) is 4.68 Å². The maximum absolute atomic E-state index is 12.2. The van der Waals surface area contributed by atoms with Gasteiger partial charge in [0.1, 0.15) is 0 Å². The topological polar surface area (TPSA) is 85.8 Å². The molecule has 0 aliphatic rings. The summed E-state index contributed by atoms with van der Waals surface area (Å²) in [5.41, 5.74) is 0.894. The molecule has 0 aliphatic carbocycles. The van der Waals surface area contributed by atoms with E-state index in [-0.39, 0.29) is 11.7 Å². The summed E-state index contributed by atoms with van der Waals surface area (Å²) in [5.74, 6) is 6.08. The van der Waals surface area contributed by atoms with Gasteiger partial charge in [0.15, 0.2) is 5.82 Å². The van der Waals surface area contributed by atoms with Crippen molar-refractivity contribution in [2.24, 2.45) is 0 Å². The summed E-state index contributed by atoms with van der Waals surface area (Å²) in [6, 6.07) is 9.89. The summed E-state index contributed by atoms with van der Waals surface area (Å²) in [6.07, 6.45) is 0. The standard InChI is InChI=1S/C16H11Cl4N5OS/c17-8-4-5-10(18)9(6-8)15-23-24-16(25(15)21)27-7-13(26)22-14-11(19)2-1-3-12(14)20/h1-6H,7,21H2,(H,22,26). The quantitative estimate of drug-likeness (QED) is 0.411. The van der Waals surface area contributed by atoms with Crippen LogP contribution < -0.4 is 11.2 Å². The van der Waals surface area contributed by atoms with Crippen LogP contribution in [-0.4, -0.2) is 26.5 Å². The first-order valence-electron chi connectivity index (χ1n) is 7.39. The van der Waals surface area contributed by atoms with E-state index in [0.717, 1.165) is 11.8 Å². The lowest BCUT2D eigenvalue weighted by Crippen LogP contribution is -2.17. The number of nitrogens with one attached hydrogen (secondary N) is 1. The molecule has 1 heterocycles. The molecule has 0 atom stereocenters. The molecule has 0 aliphatic heterocycles. The summed E-state index contributed by atoms with van der Waals surface area (Å²) in [5, 5.41) is 12.6. The van der Waals surface area contributed by atoms with Crippen molar-refractivity contribution in [1.82, 2.24) is 14.9 Å². The van der Waals surface area contributed by atoms with Gasteiger partial charge in [0.05, 0.1) is 26.5 Å². The van der Waals surface area contributed by atoms with E-state index in [4.69, 9.17) is 52.2 Å². The summed E-state index contributed by atoms with van der Waals surface area (Å²) >= 11 is 25.3. The van der Waals surface area contributed by atoms with Crippen LogP contribution in [0.1, 0.15) is 0 Å². The van der Waals surface area contributed by atoms with Crippen LogP contribution in [0.15, 0.2) is 41.6 Å². The summed E-state index contributed by atoms with van der Waals surface area (Å²) in [6.45, 7) is 0. The number of amides is 1. The Kier molecular flexibility index (Phi) is 6.39. The van der Waals surface area contributed by atoms with E-state index in [9.17, 15) is 4.79 Å². The lowest BCUT2D eigenvalue weighted by atomic mass is 10.2. The number of nitrogens with two attached hydrogens (primary N) is 1. The number of hydrogen-bond acceptors (Lipinski definition) is 5. The molecule has 11 heteroatoms. The predicted octanol–water partition coefficient (Wildman–Crippen LogP) is 5.00. The molecule has 0 saturated carbocycles. The Morgan fingerprint density at radius 2 is 1.78 bits per heavy atom. The molecule has 2 aromatic carbocycles. The third-order valence-corrected chi connectivity index (χ3v) is 5.53. The van der Waals surface area contributed by atoms with E-state index in [1.165, 1.54) is 4.68 Å². The molecule has 0 radical (unpaired) electrons. The second-order valence-corrected chi connectivity index (χ2v) is 7.83. The van der Waals surface area contributed by atoms with Gasteiger partial charge in [0, 0.05) is 10.6 Å². The molecule has 0 unspecified atom stereocenters. The molecule has 140 valence electrons. The monoisotopic (exact) mass is 461 g/mol. The van der Waals surface area contributed by atoms with Gasteiger partial charge in [-0.3, -0.25) is 4.79 Å². The molecule has 27 heavy (non-hydrogen) atoms. The highest BCUT2D eigenvalue weighted by molar-refractivity contribution is 7.99. The van der Waals surface area contributed by atoms with Gasteiger partial charge in [0.25, 0.3) is 0 Å². The first-order valence-corrected chi connectivity index (χ1v) is 9.89. The number of thioether (sulfide) groups is 1. The van der Waals surface area contributed by atoms with E-state index in [2.05, 4.69) is 15.5 Å². The van der Waals surface area contributed by atoms with Crippen molar-refractivity contribution in [2.45, 2.75) is 5.16 Å². The lowest BCUT2D eigenvalue weighted by Gasteiger charge is -2.09. The van der Waals surface area contributed by atoms with Gasteiger partial charge in [-0.2, -0.15) is 0 Å². The number of nitrogens with zero attached hydrogens (tertiary/aromatic N) is 3. The SMILES string of the molecule is Nn1c(SCC(=O)Nc2c(Cl)cccc2Cl)nnc1-c1cc(Cl)ccc1Cl. The molecule has 6 nitrogen and oxygen atoms in total. The van der Waals surface area contributed by atoms with Gasteiger partial charge >= 0.3 is 0 Å². The second-order valence-electron chi connectivity index (χ2n) is 5.23. The van der Waals surface area contributed by atoms with Crippen molar-refractivity contribution < 1.29 is 4.79 Å². The number of aromatic nitrogens is 3. The third kappa shape index (κ3) is 4.62. The summed E-state index contributed by atoms with van der Waals surface area (Å²) in [4.78, 5) is 12.2. The molecule has 0 saturated heterocycles. The van der Waals surface area contributed by atoms with Crippen LogP contribution in [0.2, 0.25) is 20.1 Å². The van der Waals surface area contributed by atoms with Crippen LogP contribution in [0.4, 0.5) is 5.69 Å².